The van der Waals surface area contributed by atoms with E-state index in [1.165, 1.54) is 5.56 Å². The van der Waals surface area contributed by atoms with Gasteiger partial charge in [0.2, 0.25) is 0 Å². The fourth-order valence-electron chi connectivity index (χ4n) is 3.03. The molecule has 1 aromatic heterocycles. The average molecular weight is 284 g/mol. The maximum Gasteiger partial charge on any atom is 0.146 e. The van der Waals surface area contributed by atoms with Crippen molar-refractivity contribution in [3.8, 4) is 0 Å². The summed E-state index contributed by atoms with van der Waals surface area (Å²) >= 11 is 0. The van der Waals surface area contributed by atoms with Gasteiger partial charge in [-0.05, 0) is 24.3 Å². The van der Waals surface area contributed by atoms with Crippen molar-refractivity contribution in [3.05, 3.63) is 52.9 Å². The fraction of sp³-hybridized carbons (Fsp3) is 0.412. The molecule has 0 amide bonds. The van der Waals surface area contributed by atoms with E-state index in [4.69, 9.17) is 4.52 Å². The van der Waals surface area contributed by atoms with E-state index in [0.29, 0.717) is 5.71 Å². The quantitative estimate of drug-likeness (QED) is 0.683. The smallest absolute Gasteiger partial charge is 0.146 e. The molecule has 1 heterocycles. The van der Waals surface area contributed by atoms with Gasteiger partial charge in [0.05, 0.1) is 17.0 Å². The van der Waals surface area contributed by atoms with E-state index in [1.54, 1.807) is 0 Å². The molecule has 1 aromatic carbocycles. The van der Waals surface area contributed by atoms with Gasteiger partial charge in [-0.3, -0.25) is 0 Å². The third kappa shape index (κ3) is 2.71. The average Bonchev–Trinajstić information content (AvgIpc) is 2.96. The minimum Gasteiger partial charge on any atom is -0.411 e. The van der Waals surface area contributed by atoms with Crippen LogP contribution in [-0.2, 0) is 12.8 Å². The van der Waals surface area contributed by atoms with Crippen molar-refractivity contribution in [2.24, 2.45) is 5.16 Å². The van der Waals surface area contributed by atoms with Crippen molar-refractivity contribution in [2.75, 3.05) is 0 Å². The monoisotopic (exact) mass is 284 g/mol. The minimum atomic E-state index is 0.288. The lowest BCUT2D eigenvalue weighted by atomic mass is 9.81. The Balaban J connectivity index is 1.91. The lowest BCUT2D eigenvalue weighted by molar-refractivity contribution is 0.315. The second-order valence-corrected chi connectivity index (χ2v) is 5.59. The van der Waals surface area contributed by atoms with E-state index in [2.05, 4.69) is 29.4 Å². The molecule has 3 rings (SSSR count). The molecular formula is C17H20N2O2. The van der Waals surface area contributed by atoms with Crippen molar-refractivity contribution >= 4 is 5.71 Å². The molecule has 2 aromatic rings. The van der Waals surface area contributed by atoms with Gasteiger partial charge in [-0.15, -0.1) is 0 Å². The van der Waals surface area contributed by atoms with Gasteiger partial charge >= 0.3 is 0 Å². The molecule has 1 N–H and O–H groups in total. The van der Waals surface area contributed by atoms with Crippen LogP contribution in [0.2, 0.25) is 0 Å². The van der Waals surface area contributed by atoms with Crippen molar-refractivity contribution < 1.29 is 9.73 Å². The zero-order valence-electron chi connectivity index (χ0n) is 12.2. The van der Waals surface area contributed by atoms with E-state index < -0.39 is 0 Å². The molecule has 0 radical (unpaired) electrons. The first-order chi connectivity index (χ1) is 10.3. The van der Waals surface area contributed by atoms with Crippen molar-refractivity contribution in [1.82, 2.24) is 5.16 Å². The largest absolute Gasteiger partial charge is 0.411 e. The predicted molar refractivity (Wildman–Crippen MR) is 80.9 cm³/mol. The Morgan fingerprint density at radius 2 is 2.10 bits per heavy atom. The molecule has 0 aliphatic heterocycles. The molecule has 4 nitrogen and oxygen atoms in total. The Bertz CT molecular complexity index is 631. The van der Waals surface area contributed by atoms with E-state index in [-0.39, 0.29) is 5.92 Å². The lowest BCUT2D eigenvalue weighted by Gasteiger charge is -2.22. The van der Waals surface area contributed by atoms with Crippen LogP contribution in [0.25, 0.3) is 0 Å². The van der Waals surface area contributed by atoms with Crippen LogP contribution >= 0.6 is 0 Å². The number of unbranched alkanes of at least 4 members (excludes halogenated alkanes) is 1. The molecule has 0 spiro atoms. The van der Waals surface area contributed by atoms with Crippen LogP contribution in [0, 0.1) is 0 Å². The Morgan fingerprint density at radius 3 is 2.81 bits per heavy atom. The molecule has 1 aliphatic carbocycles. The second kappa shape index (κ2) is 6.12. The molecule has 1 atom stereocenters. The number of hydrogen-bond donors (Lipinski definition) is 1. The molecule has 0 saturated heterocycles. The van der Waals surface area contributed by atoms with Gasteiger partial charge < -0.3 is 9.73 Å². The van der Waals surface area contributed by atoms with Crippen LogP contribution in [0.5, 0.6) is 0 Å². The SMILES string of the molecule is CCCCc1noc2c1C(=NO)C[C@H](c1ccccc1)C2. The fourth-order valence-corrected chi connectivity index (χ4v) is 3.03. The first kappa shape index (κ1) is 13.9. The van der Waals surface area contributed by atoms with Gasteiger partial charge in [0.25, 0.3) is 0 Å². The number of nitrogens with zero attached hydrogens (tertiary/aromatic N) is 2. The van der Waals surface area contributed by atoms with Crippen LogP contribution in [0.4, 0.5) is 0 Å². The lowest BCUT2D eigenvalue weighted by Crippen LogP contribution is -2.19. The number of fused-ring (bicyclic) bond motifs is 1. The summed E-state index contributed by atoms with van der Waals surface area (Å²) in [5.41, 5.74) is 3.83. The van der Waals surface area contributed by atoms with E-state index in [9.17, 15) is 5.21 Å². The molecule has 0 bridgehead atoms. The number of aromatic nitrogens is 1. The van der Waals surface area contributed by atoms with E-state index >= 15 is 0 Å². The molecule has 0 saturated carbocycles. The normalized spacial score (nSPS) is 19.7. The highest BCUT2D eigenvalue weighted by Crippen LogP contribution is 2.34. The number of rotatable bonds is 4. The third-order valence-electron chi connectivity index (χ3n) is 4.15. The highest BCUT2D eigenvalue weighted by molar-refractivity contribution is 6.03. The topological polar surface area (TPSA) is 58.6 Å². The summed E-state index contributed by atoms with van der Waals surface area (Å²) in [6.07, 6.45) is 4.61. The highest BCUT2D eigenvalue weighted by atomic mass is 16.5. The van der Waals surface area contributed by atoms with Gasteiger partial charge in [0.15, 0.2) is 0 Å². The second-order valence-electron chi connectivity index (χ2n) is 5.59. The predicted octanol–water partition coefficient (Wildman–Crippen LogP) is 3.93. The summed E-state index contributed by atoms with van der Waals surface area (Å²) in [6, 6.07) is 10.3. The summed E-state index contributed by atoms with van der Waals surface area (Å²) in [7, 11) is 0. The Morgan fingerprint density at radius 1 is 1.29 bits per heavy atom. The summed E-state index contributed by atoms with van der Waals surface area (Å²) in [4.78, 5) is 0. The molecular weight excluding hydrogens is 264 g/mol. The van der Waals surface area contributed by atoms with Crippen molar-refractivity contribution in [1.29, 1.82) is 0 Å². The van der Waals surface area contributed by atoms with E-state index in [0.717, 1.165) is 49.1 Å². The third-order valence-corrected chi connectivity index (χ3v) is 4.15. The number of hydrogen-bond acceptors (Lipinski definition) is 4. The molecule has 4 heteroatoms. The Kier molecular flexibility index (Phi) is 4.04. The maximum absolute atomic E-state index is 9.39. The minimum absolute atomic E-state index is 0.288. The summed E-state index contributed by atoms with van der Waals surface area (Å²) in [5, 5.41) is 17.1. The van der Waals surface area contributed by atoms with Crippen LogP contribution in [0.3, 0.4) is 0 Å². The maximum atomic E-state index is 9.39. The summed E-state index contributed by atoms with van der Waals surface area (Å²) in [6.45, 7) is 2.15. The first-order valence-corrected chi connectivity index (χ1v) is 7.57. The van der Waals surface area contributed by atoms with Crippen molar-refractivity contribution in [2.45, 2.75) is 44.9 Å². The standard InChI is InChI=1S/C17H20N2O2/c1-2-3-9-14-17-15(18-20)10-13(11-16(17)21-19-14)12-7-5-4-6-8-12/h4-8,13,20H,2-3,9-11H2,1H3/t13-/m0/s1. The van der Waals surface area contributed by atoms with Crippen LogP contribution in [-0.4, -0.2) is 16.1 Å². The Hall–Kier alpha value is -2.10. The summed E-state index contributed by atoms with van der Waals surface area (Å²) < 4.78 is 5.53. The zero-order chi connectivity index (χ0) is 14.7. The number of aryl methyl sites for hydroxylation is 1. The Labute approximate surface area is 124 Å². The zero-order valence-corrected chi connectivity index (χ0v) is 12.2. The molecule has 110 valence electrons. The summed E-state index contributed by atoms with van der Waals surface area (Å²) in [5.74, 6) is 1.14. The van der Waals surface area contributed by atoms with Gasteiger partial charge in [0, 0.05) is 12.8 Å². The number of benzene rings is 1. The first-order valence-electron chi connectivity index (χ1n) is 7.57. The van der Waals surface area contributed by atoms with Crippen LogP contribution in [0.15, 0.2) is 40.0 Å². The molecule has 1 aliphatic rings. The highest BCUT2D eigenvalue weighted by Gasteiger charge is 2.31. The van der Waals surface area contributed by atoms with Crippen LogP contribution in [0.1, 0.15) is 54.7 Å². The number of oxime groups is 1. The van der Waals surface area contributed by atoms with Gasteiger partial charge in [-0.25, -0.2) is 0 Å². The van der Waals surface area contributed by atoms with Gasteiger partial charge in [-0.2, -0.15) is 0 Å². The van der Waals surface area contributed by atoms with Gasteiger partial charge in [-0.1, -0.05) is 54.0 Å². The molecule has 0 unspecified atom stereocenters. The van der Waals surface area contributed by atoms with Crippen LogP contribution < -0.4 is 0 Å². The molecule has 21 heavy (non-hydrogen) atoms. The van der Waals surface area contributed by atoms with Gasteiger partial charge in [0.1, 0.15) is 5.76 Å². The van der Waals surface area contributed by atoms with Crippen molar-refractivity contribution in [3.63, 3.8) is 0 Å². The van der Waals surface area contributed by atoms with E-state index in [1.807, 2.05) is 18.2 Å². The molecule has 0 fully saturated rings.